The van der Waals surface area contributed by atoms with Gasteiger partial charge in [-0.05, 0) is 32.9 Å². The highest BCUT2D eigenvalue weighted by atomic mass is 19.3. The van der Waals surface area contributed by atoms with E-state index in [0.29, 0.717) is 22.5 Å². The van der Waals surface area contributed by atoms with E-state index in [1.165, 1.54) is 0 Å². The van der Waals surface area contributed by atoms with Crippen LogP contribution in [0.2, 0.25) is 0 Å². The first-order valence-corrected chi connectivity index (χ1v) is 7.21. The number of halogens is 2. The van der Waals surface area contributed by atoms with Gasteiger partial charge in [-0.15, -0.1) is 0 Å². The molecule has 120 valence electrons. The van der Waals surface area contributed by atoms with E-state index >= 15 is 0 Å². The summed E-state index contributed by atoms with van der Waals surface area (Å²) in [5.41, 5.74) is 2.13. The number of hydrogen-bond acceptors (Lipinski definition) is 5. The van der Waals surface area contributed by atoms with Gasteiger partial charge in [0.1, 0.15) is 11.6 Å². The van der Waals surface area contributed by atoms with Crippen molar-refractivity contribution in [1.82, 2.24) is 15.1 Å². The van der Waals surface area contributed by atoms with Gasteiger partial charge in [-0.1, -0.05) is 17.3 Å². The molecule has 0 radical (unpaired) electrons. The van der Waals surface area contributed by atoms with Gasteiger partial charge >= 0.3 is 0 Å². The number of rotatable bonds is 4. The van der Waals surface area contributed by atoms with Gasteiger partial charge in [0.25, 0.3) is 6.43 Å². The van der Waals surface area contributed by atoms with E-state index in [0.717, 1.165) is 11.3 Å². The summed E-state index contributed by atoms with van der Waals surface area (Å²) >= 11 is 0. The minimum absolute atomic E-state index is 0.190. The molecule has 0 aliphatic carbocycles. The zero-order valence-corrected chi connectivity index (χ0v) is 13.0. The van der Waals surface area contributed by atoms with Crippen LogP contribution in [0.15, 0.2) is 28.8 Å². The lowest BCUT2D eigenvalue weighted by molar-refractivity contribution is 0.141. The first-order valence-electron chi connectivity index (χ1n) is 7.21. The molecule has 7 heteroatoms. The zero-order chi connectivity index (χ0) is 16.6. The van der Waals surface area contributed by atoms with E-state index in [4.69, 9.17) is 4.52 Å². The fourth-order valence-electron chi connectivity index (χ4n) is 2.69. The number of benzene rings is 1. The summed E-state index contributed by atoms with van der Waals surface area (Å²) < 4.78 is 31.2. The first kappa shape index (κ1) is 15.3. The quantitative estimate of drug-likeness (QED) is 0.775. The molecule has 0 saturated carbocycles. The summed E-state index contributed by atoms with van der Waals surface area (Å²) in [6, 6.07) is 6.87. The van der Waals surface area contributed by atoms with Crippen LogP contribution in [0.1, 0.15) is 42.2 Å². The lowest BCUT2D eigenvalue weighted by atomic mass is 10.1. The van der Waals surface area contributed by atoms with Crippen molar-refractivity contribution in [2.24, 2.45) is 0 Å². The molecule has 2 aromatic heterocycles. The molecule has 0 aliphatic rings. The van der Waals surface area contributed by atoms with Gasteiger partial charge in [0, 0.05) is 10.9 Å². The van der Waals surface area contributed by atoms with Crippen LogP contribution in [-0.2, 0) is 0 Å². The average Bonchev–Trinajstić information content (AvgIpc) is 2.86. The van der Waals surface area contributed by atoms with Crippen LogP contribution in [0.25, 0.3) is 10.9 Å². The van der Waals surface area contributed by atoms with Gasteiger partial charge in [0.05, 0.1) is 17.3 Å². The zero-order valence-electron chi connectivity index (χ0n) is 13.0. The number of aryl methyl sites for hydroxylation is 2. The molecule has 2 heterocycles. The lowest BCUT2D eigenvalue weighted by Crippen LogP contribution is -2.11. The van der Waals surface area contributed by atoms with Gasteiger partial charge in [0.2, 0.25) is 0 Å². The van der Waals surface area contributed by atoms with Crippen molar-refractivity contribution >= 4 is 16.7 Å². The normalized spacial score (nSPS) is 12.8. The van der Waals surface area contributed by atoms with Crippen molar-refractivity contribution in [2.75, 3.05) is 5.32 Å². The third-order valence-corrected chi connectivity index (χ3v) is 3.69. The Kier molecular flexibility index (Phi) is 3.94. The summed E-state index contributed by atoms with van der Waals surface area (Å²) in [4.78, 5) is 7.89. The maximum atomic E-state index is 13.0. The third-order valence-electron chi connectivity index (χ3n) is 3.69. The van der Waals surface area contributed by atoms with Crippen LogP contribution in [0, 0.1) is 13.8 Å². The van der Waals surface area contributed by atoms with Crippen LogP contribution in [-0.4, -0.2) is 15.1 Å². The molecule has 3 aromatic rings. The molecule has 0 saturated heterocycles. The Morgan fingerprint density at radius 2 is 1.87 bits per heavy atom. The smallest absolute Gasteiger partial charge is 0.297 e. The topological polar surface area (TPSA) is 63.8 Å². The molecule has 1 N–H and O–H groups in total. The van der Waals surface area contributed by atoms with Gasteiger partial charge in [0.15, 0.2) is 5.82 Å². The molecule has 0 bridgehead atoms. The van der Waals surface area contributed by atoms with Crippen LogP contribution in [0.4, 0.5) is 14.6 Å². The molecule has 1 atom stereocenters. The van der Waals surface area contributed by atoms with Gasteiger partial charge < -0.3 is 9.84 Å². The minimum atomic E-state index is -2.73. The molecule has 0 fully saturated rings. The van der Waals surface area contributed by atoms with Gasteiger partial charge in [-0.3, -0.25) is 0 Å². The number of para-hydroxylation sites is 1. The Labute approximate surface area is 131 Å². The molecule has 3 rings (SSSR count). The Morgan fingerprint density at radius 1 is 1.13 bits per heavy atom. The summed E-state index contributed by atoms with van der Waals surface area (Å²) in [7, 11) is 0. The number of aromatic nitrogens is 3. The highest BCUT2D eigenvalue weighted by Crippen LogP contribution is 2.29. The Balaban J connectivity index is 2.05. The number of hydrogen-bond donors (Lipinski definition) is 1. The van der Waals surface area contributed by atoms with E-state index in [9.17, 15) is 8.78 Å². The van der Waals surface area contributed by atoms with E-state index < -0.39 is 12.2 Å². The van der Waals surface area contributed by atoms with Crippen molar-refractivity contribution in [3.8, 4) is 0 Å². The first-order chi connectivity index (χ1) is 11.0. The molecule has 0 aliphatic heterocycles. The minimum Gasteiger partial charge on any atom is -0.363 e. The summed E-state index contributed by atoms with van der Waals surface area (Å²) in [5, 5.41) is 7.79. The Bertz CT molecular complexity index is 828. The maximum Gasteiger partial charge on any atom is 0.297 e. The van der Waals surface area contributed by atoms with Gasteiger partial charge in [-0.25, -0.2) is 18.7 Å². The largest absolute Gasteiger partial charge is 0.363 e. The van der Waals surface area contributed by atoms with Crippen molar-refractivity contribution in [2.45, 2.75) is 33.2 Å². The fraction of sp³-hybridized carbons (Fsp3) is 0.312. The van der Waals surface area contributed by atoms with Crippen molar-refractivity contribution in [1.29, 1.82) is 0 Å². The summed E-state index contributed by atoms with van der Waals surface area (Å²) in [6.45, 7) is 5.56. The highest BCUT2D eigenvalue weighted by molar-refractivity contribution is 5.89. The van der Waals surface area contributed by atoms with E-state index in [2.05, 4.69) is 20.4 Å². The lowest BCUT2D eigenvalue weighted by Gasteiger charge is -2.16. The second kappa shape index (κ2) is 5.91. The summed E-state index contributed by atoms with van der Waals surface area (Å²) in [6.07, 6.45) is -2.73. The number of nitrogens with one attached hydrogen (secondary N) is 1. The Morgan fingerprint density at radius 3 is 2.52 bits per heavy atom. The number of nitrogens with zero attached hydrogens (tertiary/aromatic N) is 3. The van der Waals surface area contributed by atoms with Gasteiger partial charge in [-0.2, -0.15) is 0 Å². The number of anilines is 1. The summed E-state index contributed by atoms with van der Waals surface area (Å²) in [5.74, 6) is 0.575. The van der Waals surface area contributed by atoms with Crippen LogP contribution in [0.5, 0.6) is 0 Å². The standard InChI is InChI=1S/C16H16F2N4O/c1-8(13-9(2)22-23-10(13)3)19-15-11-6-4-5-7-12(11)20-16(21-15)14(17)18/h4-8,14H,1-3H3,(H,19,20,21). The molecule has 0 spiro atoms. The number of fused-ring (bicyclic) bond motifs is 1. The van der Waals surface area contributed by atoms with Crippen LogP contribution >= 0.6 is 0 Å². The second-order valence-electron chi connectivity index (χ2n) is 5.35. The average molecular weight is 318 g/mol. The molecule has 1 unspecified atom stereocenters. The van der Waals surface area contributed by atoms with Crippen molar-refractivity contribution in [3.63, 3.8) is 0 Å². The fourth-order valence-corrected chi connectivity index (χ4v) is 2.69. The SMILES string of the molecule is Cc1noc(C)c1C(C)Nc1nc(C(F)F)nc2ccccc12. The second-order valence-corrected chi connectivity index (χ2v) is 5.35. The van der Waals surface area contributed by atoms with Crippen molar-refractivity contribution < 1.29 is 13.3 Å². The third kappa shape index (κ3) is 2.86. The molecule has 5 nitrogen and oxygen atoms in total. The predicted octanol–water partition coefficient (Wildman–Crippen LogP) is 4.35. The van der Waals surface area contributed by atoms with Crippen molar-refractivity contribution in [3.05, 3.63) is 47.1 Å². The highest BCUT2D eigenvalue weighted by Gasteiger charge is 2.20. The predicted molar refractivity (Wildman–Crippen MR) is 82.5 cm³/mol. The Hall–Kier alpha value is -2.57. The molecule has 0 amide bonds. The molecular weight excluding hydrogens is 302 g/mol. The molecule has 1 aromatic carbocycles. The van der Waals surface area contributed by atoms with E-state index in [-0.39, 0.29) is 6.04 Å². The molecular formula is C16H16F2N4O. The van der Waals surface area contributed by atoms with E-state index in [1.54, 1.807) is 18.2 Å². The van der Waals surface area contributed by atoms with E-state index in [1.807, 2.05) is 26.8 Å². The number of alkyl halides is 2. The van der Waals surface area contributed by atoms with Crippen LogP contribution in [0.3, 0.4) is 0 Å². The van der Waals surface area contributed by atoms with Crippen LogP contribution < -0.4 is 5.32 Å². The molecule has 23 heavy (non-hydrogen) atoms. The monoisotopic (exact) mass is 318 g/mol. The maximum absolute atomic E-state index is 13.0.